The van der Waals surface area contributed by atoms with Gasteiger partial charge in [-0.15, -0.1) is 0 Å². The minimum absolute atomic E-state index is 0.214. The fraction of sp³-hybridized carbons (Fsp3) is 0.136. The lowest BCUT2D eigenvalue weighted by molar-refractivity contribution is 0.356. The van der Waals surface area contributed by atoms with Crippen LogP contribution in [0.5, 0.6) is 5.75 Å². The molecular weight excluding hydrogens is 428 g/mol. The third kappa shape index (κ3) is 4.12. The summed E-state index contributed by atoms with van der Waals surface area (Å²) in [7, 11) is -3.70. The molecule has 0 saturated heterocycles. The van der Waals surface area contributed by atoms with E-state index in [-0.39, 0.29) is 4.90 Å². The van der Waals surface area contributed by atoms with Crippen molar-refractivity contribution >= 4 is 27.2 Å². The van der Waals surface area contributed by atoms with E-state index >= 15 is 0 Å². The molecule has 2 aromatic heterocycles. The summed E-state index contributed by atoms with van der Waals surface area (Å²) >= 11 is 0. The Labute approximate surface area is 185 Å². The SMILES string of the molecule is Cc1nc(Nc2ccc(NS(=O)(=O)c3ccc4c(c3)CCO4)cc2)cc(-n2cccn2)n1. The van der Waals surface area contributed by atoms with Gasteiger partial charge in [0.05, 0.1) is 11.5 Å². The fourth-order valence-corrected chi connectivity index (χ4v) is 4.56. The van der Waals surface area contributed by atoms with Crippen LogP contribution in [0, 0.1) is 6.92 Å². The van der Waals surface area contributed by atoms with Gasteiger partial charge in [-0.25, -0.2) is 23.1 Å². The summed E-state index contributed by atoms with van der Waals surface area (Å²) in [5.74, 6) is 2.60. The van der Waals surface area contributed by atoms with Gasteiger partial charge in [0.1, 0.15) is 17.4 Å². The van der Waals surface area contributed by atoms with Crippen LogP contribution in [0.25, 0.3) is 5.82 Å². The van der Waals surface area contributed by atoms with Gasteiger partial charge in [-0.05, 0) is 61.0 Å². The molecule has 2 N–H and O–H groups in total. The van der Waals surface area contributed by atoms with Gasteiger partial charge in [-0.2, -0.15) is 5.10 Å². The zero-order chi connectivity index (χ0) is 22.1. The highest BCUT2D eigenvalue weighted by molar-refractivity contribution is 7.92. The Balaban J connectivity index is 1.31. The Morgan fingerprint density at radius 1 is 1.03 bits per heavy atom. The Morgan fingerprint density at radius 3 is 2.62 bits per heavy atom. The number of anilines is 3. The molecule has 4 aromatic rings. The van der Waals surface area contributed by atoms with E-state index in [1.165, 1.54) is 0 Å². The van der Waals surface area contributed by atoms with Crippen LogP contribution < -0.4 is 14.8 Å². The predicted octanol–water partition coefficient (Wildman–Crippen LogP) is 3.45. The van der Waals surface area contributed by atoms with Gasteiger partial charge in [-0.1, -0.05) is 0 Å². The maximum Gasteiger partial charge on any atom is 0.261 e. The Bertz CT molecular complexity index is 1370. The molecule has 0 amide bonds. The van der Waals surface area contributed by atoms with Gasteiger partial charge >= 0.3 is 0 Å². The normalized spacial score (nSPS) is 12.8. The largest absolute Gasteiger partial charge is 0.493 e. The number of aromatic nitrogens is 4. The lowest BCUT2D eigenvalue weighted by Gasteiger charge is -2.11. The summed E-state index contributed by atoms with van der Waals surface area (Å²) in [5.41, 5.74) is 2.12. The summed E-state index contributed by atoms with van der Waals surface area (Å²) in [6.07, 6.45) is 4.20. The van der Waals surface area contributed by atoms with E-state index in [0.717, 1.165) is 17.0 Å². The second-order valence-corrected chi connectivity index (χ2v) is 8.97. The first-order chi connectivity index (χ1) is 15.5. The third-order valence-corrected chi connectivity index (χ3v) is 6.32. The van der Waals surface area contributed by atoms with E-state index in [9.17, 15) is 8.42 Å². The van der Waals surface area contributed by atoms with Crippen molar-refractivity contribution in [3.8, 4) is 11.6 Å². The molecule has 0 saturated carbocycles. The molecule has 0 aliphatic carbocycles. The number of benzene rings is 2. The number of fused-ring (bicyclic) bond motifs is 1. The first-order valence-corrected chi connectivity index (χ1v) is 11.5. The number of hydrogen-bond acceptors (Lipinski definition) is 7. The lowest BCUT2D eigenvalue weighted by atomic mass is 10.2. The number of nitrogens with one attached hydrogen (secondary N) is 2. The highest BCUT2D eigenvalue weighted by Crippen LogP contribution is 2.28. The van der Waals surface area contributed by atoms with Crippen molar-refractivity contribution in [1.82, 2.24) is 19.7 Å². The molecule has 1 aliphatic rings. The standard InChI is InChI=1S/C22H20N6O3S/c1-15-24-21(14-22(25-15)28-11-2-10-23-28)26-17-3-5-18(6-4-17)27-32(29,30)19-7-8-20-16(13-19)9-12-31-20/h2-8,10-11,13-14,27H,9,12H2,1H3,(H,24,25,26). The van der Waals surface area contributed by atoms with E-state index in [1.807, 2.05) is 6.07 Å². The molecule has 0 atom stereocenters. The van der Waals surface area contributed by atoms with Crippen LogP contribution in [-0.2, 0) is 16.4 Å². The summed E-state index contributed by atoms with van der Waals surface area (Å²) in [6, 6.07) is 15.5. The van der Waals surface area contributed by atoms with Crippen molar-refractivity contribution in [1.29, 1.82) is 0 Å². The van der Waals surface area contributed by atoms with Crippen LogP contribution in [0.3, 0.4) is 0 Å². The monoisotopic (exact) mass is 448 g/mol. The number of nitrogens with zero attached hydrogens (tertiary/aromatic N) is 4. The Kier molecular flexibility index (Phi) is 4.98. The van der Waals surface area contributed by atoms with Crippen LogP contribution in [0.2, 0.25) is 0 Å². The highest BCUT2D eigenvalue weighted by Gasteiger charge is 2.19. The number of ether oxygens (including phenoxy) is 1. The summed E-state index contributed by atoms with van der Waals surface area (Å²) in [5, 5.41) is 7.41. The van der Waals surface area contributed by atoms with E-state index in [4.69, 9.17) is 4.74 Å². The van der Waals surface area contributed by atoms with E-state index in [1.54, 1.807) is 72.5 Å². The maximum absolute atomic E-state index is 12.8. The van der Waals surface area contributed by atoms with Gasteiger partial charge in [-0.3, -0.25) is 4.72 Å². The van der Waals surface area contributed by atoms with Crippen LogP contribution in [-0.4, -0.2) is 34.8 Å². The van der Waals surface area contributed by atoms with Crippen LogP contribution in [0.4, 0.5) is 17.2 Å². The topological polar surface area (TPSA) is 111 Å². The molecule has 32 heavy (non-hydrogen) atoms. The number of rotatable bonds is 6. The second kappa shape index (κ2) is 7.97. The van der Waals surface area contributed by atoms with Gasteiger partial charge in [0.15, 0.2) is 5.82 Å². The minimum atomic E-state index is -3.70. The third-order valence-electron chi connectivity index (χ3n) is 4.94. The summed E-state index contributed by atoms with van der Waals surface area (Å²) in [4.78, 5) is 9.01. The molecule has 3 heterocycles. The van der Waals surface area contributed by atoms with Crippen molar-refractivity contribution < 1.29 is 13.2 Å². The van der Waals surface area contributed by atoms with Crippen molar-refractivity contribution in [2.45, 2.75) is 18.2 Å². The fourth-order valence-electron chi connectivity index (χ4n) is 3.45. The van der Waals surface area contributed by atoms with Gasteiger partial charge in [0.25, 0.3) is 10.0 Å². The van der Waals surface area contributed by atoms with Gasteiger partial charge in [0.2, 0.25) is 0 Å². The van der Waals surface area contributed by atoms with Crippen LogP contribution >= 0.6 is 0 Å². The minimum Gasteiger partial charge on any atom is -0.493 e. The maximum atomic E-state index is 12.8. The second-order valence-electron chi connectivity index (χ2n) is 7.29. The predicted molar refractivity (Wildman–Crippen MR) is 120 cm³/mol. The van der Waals surface area contributed by atoms with Crippen molar-refractivity contribution in [3.63, 3.8) is 0 Å². The average molecular weight is 449 g/mol. The summed E-state index contributed by atoms with van der Waals surface area (Å²) < 4.78 is 35.3. The Morgan fingerprint density at radius 2 is 1.84 bits per heavy atom. The molecule has 2 aromatic carbocycles. The number of hydrogen-bond donors (Lipinski definition) is 2. The first-order valence-electron chi connectivity index (χ1n) is 9.98. The lowest BCUT2D eigenvalue weighted by Crippen LogP contribution is -2.13. The first kappa shape index (κ1) is 20.0. The van der Waals surface area contributed by atoms with Crippen molar-refractivity contribution in [2.75, 3.05) is 16.6 Å². The molecule has 10 heteroatoms. The number of aryl methyl sites for hydroxylation is 1. The van der Waals surface area contributed by atoms with E-state index < -0.39 is 10.0 Å². The van der Waals surface area contributed by atoms with E-state index in [0.29, 0.717) is 36.2 Å². The van der Waals surface area contributed by atoms with Crippen LogP contribution in [0.1, 0.15) is 11.4 Å². The molecule has 162 valence electrons. The smallest absolute Gasteiger partial charge is 0.261 e. The molecule has 1 aliphatic heterocycles. The molecule has 0 bridgehead atoms. The molecule has 5 rings (SSSR count). The highest BCUT2D eigenvalue weighted by atomic mass is 32.2. The van der Waals surface area contributed by atoms with Crippen LogP contribution in [0.15, 0.2) is 71.9 Å². The van der Waals surface area contributed by atoms with E-state index in [2.05, 4.69) is 25.1 Å². The zero-order valence-corrected chi connectivity index (χ0v) is 18.0. The van der Waals surface area contributed by atoms with Gasteiger partial charge in [0, 0.05) is 36.3 Å². The Hall–Kier alpha value is -3.92. The molecule has 9 nitrogen and oxygen atoms in total. The molecule has 0 spiro atoms. The van der Waals surface area contributed by atoms with Gasteiger partial charge < -0.3 is 10.1 Å². The summed E-state index contributed by atoms with van der Waals surface area (Å²) in [6.45, 7) is 2.39. The molecule has 0 unspecified atom stereocenters. The molecular formula is C22H20N6O3S. The quantitative estimate of drug-likeness (QED) is 0.465. The number of sulfonamides is 1. The zero-order valence-electron chi connectivity index (χ0n) is 17.2. The van der Waals surface area contributed by atoms with Crippen molar-refractivity contribution in [3.05, 3.63) is 78.4 Å². The molecule has 0 fully saturated rings. The average Bonchev–Trinajstić information content (AvgIpc) is 3.46. The van der Waals surface area contributed by atoms with Crippen molar-refractivity contribution in [2.24, 2.45) is 0 Å². The molecule has 0 radical (unpaired) electrons.